The molecule has 2 heterocycles. The topological polar surface area (TPSA) is 63.4 Å². The van der Waals surface area contributed by atoms with Gasteiger partial charge < -0.3 is 5.73 Å². The monoisotopic (exact) mass is 324 g/mol. The van der Waals surface area contributed by atoms with Crippen molar-refractivity contribution in [3.63, 3.8) is 0 Å². The Bertz CT molecular complexity index is 472. The van der Waals surface area contributed by atoms with E-state index in [1.807, 2.05) is 0 Å². The van der Waals surface area contributed by atoms with Gasteiger partial charge in [-0.2, -0.15) is 4.31 Å². The Balaban J connectivity index is 2.35. The van der Waals surface area contributed by atoms with Crippen LogP contribution < -0.4 is 5.73 Å². The lowest BCUT2D eigenvalue weighted by Crippen LogP contribution is -2.48. The maximum Gasteiger partial charge on any atom is 0.255 e. The average Bonchev–Trinajstić information content (AvgIpc) is 2.65. The third-order valence-electron chi connectivity index (χ3n) is 2.63. The van der Waals surface area contributed by atoms with Crippen molar-refractivity contribution in [1.82, 2.24) is 4.31 Å². The highest BCUT2D eigenvalue weighted by Gasteiger charge is 2.33. The fraction of sp³-hybridized carbons (Fsp3) is 0.556. The number of nitrogens with two attached hydrogens (primary N) is 1. The minimum absolute atomic E-state index is 0.352. The van der Waals surface area contributed by atoms with Gasteiger partial charge in [0.2, 0.25) is 0 Å². The van der Waals surface area contributed by atoms with Crippen molar-refractivity contribution in [2.45, 2.75) is 29.6 Å². The van der Waals surface area contributed by atoms with Gasteiger partial charge in [0.15, 0.2) is 0 Å². The minimum atomic E-state index is -3.42. The van der Waals surface area contributed by atoms with Crippen molar-refractivity contribution in [1.29, 1.82) is 0 Å². The molecule has 0 aliphatic carbocycles. The van der Waals surface area contributed by atoms with Crippen LogP contribution in [0.25, 0.3) is 0 Å². The Morgan fingerprint density at radius 2 is 2.25 bits per heavy atom. The lowest BCUT2D eigenvalue weighted by molar-refractivity contribution is 0.258. The van der Waals surface area contributed by atoms with Crippen molar-refractivity contribution in [3.8, 4) is 0 Å². The molecule has 1 aliphatic rings. The van der Waals surface area contributed by atoms with Crippen molar-refractivity contribution in [2.24, 2.45) is 5.73 Å². The van der Waals surface area contributed by atoms with Crippen LogP contribution in [0.3, 0.4) is 0 Å². The van der Waals surface area contributed by atoms with E-state index in [4.69, 9.17) is 5.73 Å². The number of nitrogens with zero attached hydrogens (tertiary/aromatic N) is 1. The van der Waals surface area contributed by atoms with Crippen molar-refractivity contribution < 1.29 is 8.42 Å². The van der Waals surface area contributed by atoms with Gasteiger partial charge in [-0.1, -0.05) is 0 Å². The molecule has 1 saturated heterocycles. The zero-order valence-corrected chi connectivity index (χ0v) is 11.8. The lowest BCUT2D eigenvalue weighted by Gasteiger charge is -2.31. The summed E-state index contributed by atoms with van der Waals surface area (Å²) in [5, 5.41) is 1.76. The Morgan fingerprint density at radius 3 is 2.81 bits per heavy atom. The standard InChI is InChI=1S/C9H13BrN2O2S2/c10-7-4-6-15-9(7)16(13,14)12-5-2-1-3-8(12)11/h4,6,8H,1-3,5,11H2. The van der Waals surface area contributed by atoms with Gasteiger partial charge in [0.25, 0.3) is 10.0 Å². The summed E-state index contributed by atoms with van der Waals surface area (Å²) in [6.07, 6.45) is 2.24. The van der Waals surface area contributed by atoms with Crippen molar-refractivity contribution >= 4 is 37.3 Å². The average molecular weight is 325 g/mol. The normalized spacial score (nSPS) is 23.5. The molecule has 4 nitrogen and oxygen atoms in total. The van der Waals surface area contributed by atoms with Gasteiger partial charge in [-0.15, -0.1) is 11.3 Å². The van der Waals surface area contributed by atoms with Crippen LogP contribution in [0, 0.1) is 0 Å². The maximum absolute atomic E-state index is 12.3. The first kappa shape index (κ1) is 12.5. The van der Waals surface area contributed by atoms with Crippen LogP contribution >= 0.6 is 27.3 Å². The van der Waals surface area contributed by atoms with Crippen LogP contribution in [0.15, 0.2) is 20.1 Å². The van der Waals surface area contributed by atoms with Crippen LogP contribution in [0.4, 0.5) is 0 Å². The Morgan fingerprint density at radius 1 is 1.50 bits per heavy atom. The second-order valence-corrected chi connectivity index (χ2v) is 7.59. The molecule has 0 aromatic carbocycles. The number of sulfonamides is 1. The van der Waals surface area contributed by atoms with E-state index < -0.39 is 10.0 Å². The summed E-state index contributed by atoms with van der Waals surface area (Å²) >= 11 is 4.47. The lowest BCUT2D eigenvalue weighted by atomic mass is 10.1. The summed E-state index contributed by atoms with van der Waals surface area (Å²) in [4.78, 5) is 0. The summed E-state index contributed by atoms with van der Waals surface area (Å²) in [6, 6.07) is 1.74. The Labute approximate surface area is 108 Å². The molecule has 1 fully saturated rings. The van der Waals surface area contributed by atoms with Gasteiger partial charge in [0.1, 0.15) is 4.21 Å². The maximum atomic E-state index is 12.3. The number of hydrogen-bond donors (Lipinski definition) is 1. The molecule has 0 radical (unpaired) electrons. The fourth-order valence-corrected chi connectivity index (χ4v) is 5.81. The van der Waals surface area contributed by atoms with E-state index in [0.29, 0.717) is 15.2 Å². The molecule has 2 rings (SSSR count). The van der Waals surface area contributed by atoms with Crippen LogP contribution in [0.5, 0.6) is 0 Å². The molecule has 0 spiro atoms. The highest BCUT2D eigenvalue weighted by Crippen LogP contribution is 2.32. The number of halogens is 1. The van der Waals surface area contributed by atoms with Gasteiger partial charge in [0.05, 0.1) is 6.17 Å². The molecule has 0 bridgehead atoms. The van der Waals surface area contributed by atoms with Crippen LogP contribution in [0.1, 0.15) is 19.3 Å². The molecule has 1 atom stereocenters. The molecule has 1 aliphatic heterocycles. The van der Waals surface area contributed by atoms with E-state index in [2.05, 4.69) is 15.9 Å². The number of hydrogen-bond acceptors (Lipinski definition) is 4. The second-order valence-electron chi connectivity index (χ2n) is 3.73. The first-order valence-electron chi connectivity index (χ1n) is 5.04. The quantitative estimate of drug-likeness (QED) is 0.904. The number of thiophene rings is 1. The van der Waals surface area contributed by atoms with E-state index in [1.54, 1.807) is 11.4 Å². The molecular weight excluding hydrogens is 312 g/mol. The molecule has 1 unspecified atom stereocenters. The zero-order chi connectivity index (χ0) is 11.8. The van der Waals surface area contributed by atoms with Gasteiger partial charge in [-0.05, 0) is 46.6 Å². The molecule has 7 heteroatoms. The summed E-state index contributed by atoms with van der Waals surface area (Å²) < 4.78 is 27.0. The Kier molecular flexibility index (Phi) is 3.70. The third-order valence-corrected chi connectivity index (χ3v) is 7.20. The van der Waals surface area contributed by atoms with E-state index >= 15 is 0 Å². The highest BCUT2D eigenvalue weighted by molar-refractivity contribution is 9.10. The molecule has 90 valence electrons. The van der Waals surface area contributed by atoms with E-state index in [9.17, 15) is 8.42 Å². The molecular formula is C9H13BrN2O2S2. The number of rotatable bonds is 2. The largest absolute Gasteiger partial charge is 0.315 e. The predicted octanol–water partition coefficient (Wildman–Crippen LogP) is 1.97. The van der Waals surface area contributed by atoms with E-state index in [1.165, 1.54) is 15.6 Å². The predicted molar refractivity (Wildman–Crippen MR) is 67.7 cm³/mol. The van der Waals surface area contributed by atoms with Crippen LogP contribution in [-0.2, 0) is 10.0 Å². The van der Waals surface area contributed by atoms with Gasteiger partial charge in [-0.3, -0.25) is 0 Å². The van der Waals surface area contributed by atoms with Crippen LogP contribution in [-0.4, -0.2) is 25.4 Å². The minimum Gasteiger partial charge on any atom is -0.315 e. The Hall–Kier alpha value is 0.0500. The van der Waals surface area contributed by atoms with E-state index in [0.717, 1.165) is 19.3 Å². The molecule has 2 N–H and O–H groups in total. The number of piperidine rings is 1. The van der Waals surface area contributed by atoms with Crippen molar-refractivity contribution in [3.05, 3.63) is 15.9 Å². The summed E-state index contributed by atoms with van der Waals surface area (Å²) in [7, 11) is -3.42. The highest BCUT2D eigenvalue weighted by atomic mass is 79.9. The molecule has 0 amide bonds. The smallest absolute Gasteiger partial charge is 0.255 e. The zero-order valence-electron chi connectivity index (χ0n) is 8.60. The first-order valence-corrected chi connectivity index (χ1v) is 8.15. The molecule has 16 heavy (non-hydrogen) atoms. The fourth-order valence-electron chi connectivity index (χ4n) is 1.80. The van der Waals surface area contributed by atoms with Gasteiger partial charge in [0, 0.05) is 11.0 Å². The van der Waals surface area contributed by atoms with Gasteiger partial charge >= 0.3 is 0 Å². The second kappa shape index (κ2) is 4.73. The van der Waals surface area contributed by atoms with E-state index in [-0.39, 0.29) is 6.17 Å². The van der Waals surface area contributed by atoms with Crippen LogP contribution in [0.2, 0.25) is 0 Å². The van der Waals surface area contributed by atoms with Crippen molar-refractivity contribution in [2.75, 3.05) is 6.54 Å². The molecule has 1 aromatic rings. The summed E-state index contributed by atoms with van der Waals surface area (Å²) in [5.74, 6) is 0. The summed E-state index contributed by atoms with van der Waals surface area (Å²) in [6.45, 7) is 0.522. The molecule has 1 aromatic heterocycles. The van der Waals surface area contributed by atoms with Gasteiger partial charge in [-0.25, -0.2) is 8.42 Å². The molecule has 0 saturated carbocycles. The first-order chi connectivity index (χ1) is 7.53. The summed E-state index contributed by atoms with van der Waals surface area (Å²) in [5.41, 5.74) is 5.86. The SMILES string of the molecule is NC1CCCCN1S(=O)(=O)c1sccc1Br. The third kappa shape index (κ3) is 2.19.